The maximum atomic E-state index is 12.7. The van der Waals surface area contributed by atoms with Gasteiger partial charge in [0.15, 0.2) is 6.10 Å². The number of hydrogen-bond acceptors (Lipinski definition) is 7. The normalized spacial score (nSPS) is 11.9. The molecule has 0 aliphatic carbocycles. The molecule has 2 N–H and O–H groups in total. The zero-order valence-electron chi connectivity index (χ0n) is 19.0. The number of benzene rings is 1. The van der Waals surface area contributed by atoms with Crippen molar-refractivity contribution < 1.29 is 24.2 Å². The van der Waals surface area contributed by atoms with Gasteiger partial charge in [-0.15, -0.1) is 11.3 Å². The van der Waals surface area contributed by atoms with E-state index in [1.807, 2.05) is 31.2 Å². The van der Waals surface area contributed by atoms with E-state index in [1.54, 1.807) is 39.3 Å². The smallest absolute Gasteiger partial charge is 0.333 e. The maximum absolute atomic E-state index is 12.7. The molecule has 33 heavy (non-hydrogen) atoms. The minimum Gasteiger partial charge on any atom is -0.497 e. The Bertz CT molecular complexity index is 1110. The summed E-state index contributed by atoms with van der Waals surface area (Å²) in [7, 11) is 1.61. The fourth-order valence-electron chi connectivity index (χ4n) is 3.21. The van der Waals surface area contributed by atoms with Crippen LogP contribution in [0.25, 0.3) is 10.6 Å². The van der Waals surface area contributed by atoms with E-state index in [4.69, 9.17) is 9.47 Å². The third kappa shape index (κ3) is 6.59. The molecule has 174 valence electrons. The number of aryl methyl sites for hydroxylation is 1. The van der Waals surface area contributed by atoms with Crippen LogP contribution in [-0.2, 0) is 22.5 Å². The van der Waals surface area contributed by atoms with Gasteiger partial charge in [-0.05, 0) is 62.7 Å². The van der Waals surface area contributed by atoms with Crippen LogP contribution in [0.1, 0.15) is 40.5 Å². The van der Waals surface area contributed by atoms with E-state index in [1.165, 1.54) is 11.3 Å². The number of aliphatic carboxylic acids is 1. The van der Waals surface area contributed by atoms with Gasteiger partial charge in [0.2, 0.25) is 0 Å². The number of pyridine rings is 1. The summed E-state index contributed by atoms with van der Waals surface area (Å²) in [6.45, 7) is 5.65. The van der Waals surface area contributed by atoms with Gasteiger partial charge in [0.1, 0.15) is 16.5 Å². The first-order valence-corrected chi connectivity index (χ1v) is 11.3. The van der Waals surface area contributed by atoms with Crippen molar-refractivity contribution in [2.75, 3.05) is 7.11 Å². The summed E-state index contributed by atoms with van der Waals surface area (Å²) in [5, 5.41) is 13.0. The van der Waals surface area contributed by atoms with Crippen molar-refractivity contribution >= 4 is 23.2 Å². The van der Waals surface area contributed by atoms with Crippen molar-refractivity contribution in [2.24, 2.45) is 0 Å². The van der Waals surface area contributed by atoms with E-state index in [2.05, 4.69) is 15.3 Å². The molecule has 8 nitrogen and oxygen atoms in total. The Balaban J connectivity index is 1.65. The predicted molar refractivity (Wildman–Crippen MR) is 126 cm³/mol. The molecule has 0 radical (unpaired) electrons. The summed E-state index contributed by atoms with van der Waals surface area (Å²) in [6, 6.07) is 11.0. The molecule has 3 aromatic rings. The molecule has 0 bridgehead atoms. The van der Waals surface area contributed by atoms with Crippen LogP contribution < -0.4 is 10.1 Å². The average molecular weight is 470 g/mol. The van der Waals surface area contributed by atoms with Crippen molar-refractivity contribution in [2.45, 2.75) is 45.9 Å². The van der Waals surface area contributed by atoms with Crippen molar-refractivity contribution in [1.29, 1.82) is 0 Å². The molecule has 2 heterocycles. The molecule has 3 rings (SSSR count). The Kier molecular flexibility index (Phi) is 8.13. The number of nitrogens with one attached hydrogen (secondary N) is 1. The zero-order valence-corrected chi connectivity index (χ0v) is 19.8. The van der Waals surface area contributed by atoms with Gasteiger partial charge in [0, 0.05) is 23.1 Å². The number of aromatic nitrogens is 2. The van der Waals surface area contributed by atoms with Gasteiger partial charge in [-0.1, -0.05) is 0 Å². The number of amides is 1. The summed E-state index contributed by atoms with van der Waals surface area (Å²) in [6.07, 6.45) is 0.675. The van der Waals surface area contributed by atoms with Crippen LogP contribution in [0, 0.1) is 6.92 Å². The summed E-state index contributed by atoms with van der Waals surface area (Å²) < 4.78 is 10.7. The summed E-state index contributed by atoms with van der Waals surface area (Å²) in [5.74, 6) is -0.547. The highest BCUT2D eigenvalue weighted by molar-refractivity contribution is 7.15. The number of rotatable bonds is 10. The van der Waals surface area contributed by atoms with Crippen LogP contribution in [0.4, 0.5) is 0 Å². The highest BCUT2D eigenvalue weighted by Gasteiger charge is 2.21. The molecule has 0 saturated carbocycles. The van der Waals surface area contributed by atoms with Crippen LogP contribution in [0.3, 0.4) is 0 Å². The molecular weight excluding hydrogens is 442 g/mol. The first-order chi connectivity index (χ1) is 15.8. The Morgan fingerprint density at radius 3 is 2.55 bits per heavy atom. The van der Waals surface area contributed by atoms with Gasteiger partial charge in [0.25, 0.3) is 5.91 Å². The Labute approximate surface area is 196 Å². The van der Waals surface area contributed by atoms with Gasteiger partial charge in [-0.2, -0.15) is 0 Å². The first-order valence-electron chi connectivity index (χ1n) is 10.5. The molecule has 1 aromatic carbocycles. The summed E-state index contributed by atoms with van der Waals surface area (Å²) in [5.41, 5.74) is 2.68. The van der Waals surface area contributed by atoms with Gasteiger partial charge in [-0.25, -0.2) is 9.78 Å². The lowest BCUT2D eigenvalue weighted by molar-refractivity contribution is -0.153. The zero-order chi connectivity index (χ0) is 24.0. The molecule has 9 heteroatoms. The highest BCUT2D eigenvalue weighted by atomic mass is 32.1. The number of carboxylic acids is 1. The van der Waals surface area contributed by atoms with Crippen LogP contribution in [-0.4, -0.2) is 46.3 Å². The second kappa shape index (κ2) is 11.0. The first kappa shape index (κ1) is 24.3. The fraction of sp³-hybridized carbons (Fsp3) is 0.333. The average Bonchev–Trinajstić information content (AvgIpc) is 3.18. The van der Waals surface area contributed by atoms with Crippen molar-refractivity contribution in [3.05, 3.63) is 64.4 Å². The topological polar surface area (TPSA) is 111 Å². The van der Waals surface area contributed by atoms with Crippen LogP contribution in [0.15, 0.2) is 42.6 Å². The number of carbonyl (C=O) groups is 2. The van der Waals surface area contributed by atoms with E-state index in [-0.39, 0.29) is 25.0 Å². The summed E-state index contributed by atoms with van der Waals surface area (Å²) >= 11 is 1.45. The molecule has 1 amide bonds. The Morgan fingerprint density at radius 2 is 1.91 bits per heavy atom. The molecule has 0 fully saturated rings. The SMILES string of the molecule is COc1ccc(-c2nc(C(=O)NCc3cc(CC(OC(C)C)C(=O)O)ccn3)c(C)s2)cc1. The van der Waals surface area contributed by atoms with Gasteiger partial charge >= 0.3 is 5.97 Å². The Hall–Kier alpha value is -3.30. The minimum absolute atomic E-state index is 0.198. The molecule has 0 aliphatic rings. The van der Waals surface area contributed by atoms with Crippen molar-refractivity contribution in [3.8, 4) is 16.3 Å². The monoisotopic (exact) mass is 469 g/mol. The maximum Gasteiger partial charge on any atom is 0.333 e. The van der Waals surface area contributed by atoms with Crippen LogP contribution in [0.5, 0.6) is 5.75 Å². The van der Waals surface area contributed by atoms with E-state index in [0.717, 1.165) is 26.8 Å². The van der Waals surface area contributed by atoms with Crippen molar-refractivity contribution in [3.63, 3.8) is 0 Å². The lowest BCUT2D eigenvalue weighted by Gasteiger charge is -2.16. The third-order valence-electron chi connectivity index (χ3n) is 4.79. The minimum atomic E-state index is -1.01. The number of nitrogens with zero attached hydrogens (tertiary/aromatic N) is 2. The Morgan fingerprint density at radius 1 is 1.18 bits per heavy atom. The fourth-order valence-corrected chi connectivity index (χ4v) is 4.12. The molecule has 1 unspecified atom stereocenters. The lowest BCUT2D eigenvalue weighted by Crippen LogP contribution is -2.29. The number of ether oxygens (including phenoxy) is 2. The number of methoxy groups -OCH3 is 1. The van der Waals surface area contributed by atoms with E-state index >= 15 is 0 Å². The second-order valence-corrected chi connectivity index (χ2v) is 8.91. The van der Waals surface area contributed by atoms with E-state index < -0.39 is 12.1 Å². The molecule has 0 aliphatic heterocycles. The molecule has 0 spiro atoms. The van der Waals surface area contributed by atoms with Crippen molar-refractivity contribution in [1.82, 2.24) is 15.3 Å². The van der Waals surface area contributed by atoms with Gasteiger partial charge in [0.05, 0.1) is 25.5 Å². The lowest BCUT2D eigenvalue weighted by atomic mass is 10.1. The van der Waals surface area contributed by atoms with E-state index in [0.29, 0.717) is 11.4 Å². The molecule has 1 atom stereocenters. The standard InChI is InChI=1S/C24H27N3O5S/c1-14(2)32-20(24(29)30)12-16-9-10-25-18(11-16)13-26-22(28)21-15(3)33-23(27-21)17-5-7-19(31-4)8-6-17/h5-11,14,20H,12-13H2,1-4H3,(H,26,28)(H,29,30). The summed E-state index contributed by atoms with van der Waals surface area (Å²) in [4.78, 5) is 33.8. The highest BCUT2D eigenvalue weighted by Crippen LogP contribution is 2.29. The number of carboxylic acid groups (broad SMARTS) is 1. The van der Waals surface area contributed by atoms with Crippen LogP contribution in [0.2, 0.25) is 0 Å². The molecular formula is C24H27N3O5S. The van der Waals surface area contributed by atoms with Crippen LogP contribution >= 0.6 is 11.3 Å². The quantitative estimate of drug-likeness (QED) is 0.464. The number of thiazole rings is 1. The molecule has 2 aromatic heterocycles. The molecule has 0 saturated heterocycles. The van der Waals surface area contributed by atoms with Gasteiger partial charge < -0.3 is 19.9 Å². The van der Waals surface area contributed by atoms with Gasteiger partial charge in [-0.3, -0.25) is 9.78 Å². The predicted octanol–water partition coefficient (Wildman–Crippen LogP) is 3.87. The third-order valence-corrected chi connectivity index (χ3v) is 5.81. The largest absolute Gasteiger partial charge is 0.497 e. The number of hydrogen-bond donors (Lipinski definition) is 2. The number of carbonyl (C=O) groups excluding carboxylic acids is 1. The second-order valence-electron chi connectivity index (χ2n) is 7.71. The van der Waals surface area contributed by atoms with E-state index in [9.17, 15) is 14.7 Å².